The number of rotatable bonds is 3. The molecule has 0 amide bonds. The van der Waals surface area contributed by atoms with Gasteiger partial charge in [-0.1, -0.05) is 6.07 Å². The summed E-state index contributed by atoms with van der Waals surface area (Å²) in [7, 11) is 1.65. The summed E-state index contributed by atoms with van der Waals surface area (Å²) in [6.45, 7) is 1.67. The van der Waals surface area contributed by atoms with Gasteiger partial charge in [0.2, 0.25) is 0 Å². The summed E-state index contributed by atoms with van der Waals surface area (Å²) in [5, 5.41) is 0. The van der Waals surface area contributed by atoms with Crippen molar-refractivity contribution in [3.05, 3.63) is 28.2 Å². The predicted molar refractivity (Wildman–Crippen MR) is 62.2 cm³/mol. The molecule has 0 saturated heterocycles. The standard InChI is InChI=1S/C12H13BrO2/c1-7(14)9-6-10(9)8-3-4-12(15-2)11(13)5-8/h3-5,9-10H,6H2,1-2H3. The van der Waals surface area contributed by atoms with Gasteiger partial charge in [-0.2, -0.15) is 0 Å². The van der Waals surface area contributed by atoms with Gasteiger partial charge in [0.25, 0.3) is 0 Å². The molecule has 15 heavy (non-hydrogen) atoms. The molecule has 2 rings (SSSR count). The second kappa shape index (κ2) is 3.97. The fourth-order valence-corrected chi connectivity index (χ4v) is 2.48. The van der Waals surface area contributed by atoms with Crippen LogP contribution in [0.5, 0.6) is 5.75 Å². The molecule has 0 heterocycles. The van der Waals surface area contributed by atoms with Gasteiger partial charge in [-0.15, -0.1) is 0 Å². The zero-order valence-corrected chi connectivity index (χ0v) is 10.4. The van der Waals surface area contributed by atoms with E-state index in [0.717, 1.165) is 16.6 Å². The van der Waals surface area contributed by atoms with Crippen molar-refractivity contribution in [2.75, 3.05) is 7.11 Å². The predicted octanol–water partition coefficient (Wildman–Crippen LogP) is 3.15. The first-order chi connectivity index (χ1) is 7.13. The molecular formula is C12H13BrO2. The first kappa shape index (κ1) is 10.7. The number of hydrogen-bond donors (Lipinski definition) is 0. The summed E-state index contributed by atoms with van der Waals surface area (Å²) in [4.78, 5) is 11.2. The third kappa shape index (κ3) is 2.07. The Morgan fingerprint density at radius 3 is 2.73 bits per heavy atom. The number of methoxy groups -OCH3 is 1. The molecule has 1 aromatic rings. The Bertz CT molecular complexity index is 401. The van der Waals surface area contributed by atoms with Crippen LogP contribution >= 0.6 is 15.9 Å². The molecule has 0 radical (unpaired) electrons. The molecule has 3 heteroatoms. The van der Waals surface area contributed by atoms with Crippen LogP contribution in [0.25, 0.3) is 0 Å². The van der Waals surface area contributed by atoms with Gasteiger partial charge in [0.15, 0.2) is 0 Å². The SMILES string of the molecule is COc1ccc(C2CC2C(C)=O)cc1Br. The smallest absolute Gasteiger partial charge is 0.133 e. The average Bonchev–Trinajstić information content (AvgIpc) is 2.97. The van der Waals surface area contributed by atoms with E-state index in [9.17, 15) is 4.79 Å². The molecule has 1 aliphatic carbocycles. The third-order valence-corrected chi connectivity index (χ3v) is 3.54. The van der Waals surface area contributed by atoms with Gasteiger partial charge in [-0.3, -0.25) is 4.79 Å². The van der Waals surface area contributed by atoms with Crippen LogP contribution in [0.2, 0.25) is 0 Å². The fraction of sp³-hybridized carbons (Fsp3) is 0.417. The monoisotopic (exact) mass is 268 g/mol. The largest absolute Gasteiger partial charge is 0.496 e. The Morgan fingerprint density at radius 1 is 1.53 bits per heavy atom. The van der Waals surface area contributed by atoms with Crippen LogP contribution in [0.4, 0.5) is 0 Å². The van der Waals surface area contributed by atoms with Gasteiger partial charge < -0.3 is 4.74 Å². The highest BCUT2D eigenvalue weighted by molar-refractivity contribution is 9.10. The highest BCUT2D eigenvalue weighted by Crippen LogP contribution is 2.48. The molecule has 2 nitrogen and oxygen atoms in total. The molecule has 0 aromatic heterocycles. The second-order valence-electron chi connectivity index (χ2n) is 3.95. The summed E-state index contributed by atoms with van der Waals surface area (Å²) in [5.74, 6) is 1.79. The van der Waals surface area contributed by atoms with E-state index >= 15 is 0 Å². The lowest BCUT2D eigenvalue weighted by atomic mass is 10.1. The minimum Gasteiger partial charge on any atom is -0.496 e. The molecule has 80 valence electrons. The topological polar surface area (TPSA) is 26.3 Å². The highest BCUT2D eigenvalue weighted by atomic mass is 79.9. The van der Waals surface area contributed by atoms with Crippen LogP contribution in [-0.4, -0.2) is 12.9 Å². The second-order valence-corrected chi connectivity index (χ2v) is 4.81. The van der Waals surface area contributed by atoms with Crippen molar-refractivity contribution >= 4 is 21.7 Å². The number of carbonyl (C=O) groups excluding carboxylic acids is 1. The van der Waals surface area contributed by atoms with E-state index in [1.54, 1.807) is 14.0 Å². The lowest BCUT2D eigenvalue weighted by Gasteiger charge is -2.05. The molecule has 1 fully saturated rings. The van der Waals surface area contributed by atoms with Crippen molar-refractivity contribution < 1.29 is 9.53 Å². The van der Waals surface area contributed by atoms with Crippen molar-refractivity contribution in [2.45, 2.75) is 19.3 Å². The quantitative estimate of drug-likeness (QED) is 0.842. The first-order valence-electron chi connectivity index (χ1n) is 4.97. The van der Waals surface area contributed by atoms with E-state index in [-0.39, 0.29) is 5.92 Å². The van der Waals surface area contributed by atoms with Crippen molar-refractivity contribution in [2.24, 2.45) is 5.92 Å². The number of ketones is 1. The molecule has 2 atom stereocenters. The van der Waals surface area contributed by atoms with Gasteiger partial charge in [0, 0.05) is 5.92 Å². The van der Waals surface area contributed by atoms with Crippen LogP contribution in [0.1, 0.15) is 24.8 Å². The molecule has 0 aliphatic heterocycles. The lowest BCUT2D eigenvalue weighted by Crippen LogP contribution is -1.95. The van der Waals surface area contributed by atoms with E-state index in [1.807, 2.05) is 18.2 Å². The lowest BCUT2D eigenvalue weighted by molar-refractivity contribution is -0.118. The molecule has 0 bridgehead atoms. The number of hydrogen-bond acceptors (Lipinski definition) is 2. The van der Waals surface area contributed by atoms with E-state index in [0.29, 0.717) is 11.7 Å². The minimum atomic E-state index is 0.241. The van der Waals surface area contributed by atoms with Gasteiger partial charge in [-0.05, 0) is 52.9 Å². The van der Waals surface area contributed by atoms with E-state index in [1.165, 1.54) is 5.56 Å². The summed E-state index contributed by atoms with van der Waals surface area (Å²) in [6.07, 6.45) is 0.994. The van der Waals surface area contributed by atoms with Crippen LogP contribution in [0, 0.1) is 5.92 Å². The minimum absolute atomic E-state index is 0.241. The van der Waals surface area contributed by atoms with E-state index in [2.05, 4.69) is 15.9 Å². The molecule has 1 aromatic carbocycles. The van der Waals surface area contributed by atoms with Crippen LogP contribution < -0.4 is 4.74 Å². The Balaban J connectivity index is 2.18. The molecule has 1 aliphatic rings. The number of benzene rings is 1. The Morgan fingerprint density at radius 2 is 2.27 bits per heavy atom. The maximum absolute atomic E-state index is 11.2. The Hall–Kier alpha value is -0.830. The maximum Gasteiger partial charge on any atom is 0.133 e. The molecule has 2 unspecified atom stereocenters. The number of Topliss-reactive ketones (excluding diaryl/α,β-unsaturated/α-hetero) is 1. The van der Waals surface area contributed by atoms with Crippen LogP contribution in [-0.2, 0) is 4.79 Å². The fourth-order valence-electron chi connectivity index (χ4n) is 1.93. The Kier molecular flexibility index (Phi) is 2.83. The highest BCUT2D eigenvalue weighted by Gasteiger charge is 2.41. The van der Waals surface area contributed by atoms with Gasteiger partial charge in [0.1, 0.15) is 11.5 Å². The molecule has 0 N–H and O–H groups in total. The number of carbonyl (C=O) groups is 1. The normalized spacial score (nSPS) is 23.7. The number of halogens is 1. The zero-order chi connectivity index (χ0) is 11.0. The third-order valence-electron chi connectivity index (χ3n) is 2.92. The molecule has 0 spiro atoms. The van der Waals surface area contributed by atoms with Crippen molar-refractivity contribution in [1.29, 1.82) is 0 Å². The Labute approximate surface area is 97.8 Å². The maximum atomic E-state index is 11.2. The number of ether oxygens (including phenoxy) is 1. The molecule has 1 saturated carbocycles. The summed E-state index contributed by atoms with van der Waals surface area (Å²) in [5.41, 5.74) is 1.22. The zero-order valence-electron chi connectivity index (χ0n) is 8.79. The van der Waals surface area contributed by atoms with Crippen molar-refractivity contribution in [3.8, 4) is 5.75 Å². The van der Waals surface area contributed by atoms with E-state index < -0.39 is 0 Å². The van der Waals surface area contributed by atoms with Crippen LogP contribution in [0.3, 0.4) is 0 Å². The summed E-state index contributed by atoms with van der Waals surface area (Å²) in [6, 6.07) is 6.03. The summed E-state index contributed by atoms with van der Waals surface area (Å²) >= 11 is 3.45. The summed E-state index contributed by atoms with van der Waals surface area (Å²) < 4.78 is 6.12. The van der Waals surface area contributed by atoms with Crippen molar-refractivity contribution in [1.82, 2.24) is 0 Å². The first-order valence-corrected chi connectivity index (χ1v) is 5.76. The van der Waals surface area contributed by atoms with Crippen molar-refractivity contribution in [3.63, 3.8) is 0 Å². The van der Waals surface area contributed by atoms with E-state index in [4.69, 9.17) is 4.74 Å². The van der Waals surface area contributed by atoms with Gasteiger partial charge >= 0.3 is 0 Å². The van der Waals surface area contributed by atoms with Crippen LogP contribution in [0.15, 0.2) is 22.7 Å². The van der Waals surface area contributed by atoms with Gasteiger partial charge in [0.05, 0.1) is 11.6 Å². The van der Waals surface area contributed by atoms with Gasteiger partial charge in [-0.25, -0.2) is 0 Å². The average molecular weight is 269 g/mol. The molecular weight excluding hydrogens is 256 g/mol.